The molecule has 21 heavy (non-hydrogen) atoms. The third kappa shape index (κ3) is 4.20. The number of alkyl halides is 3. The fourth-order valence-electron chi connectivity index (χ4n) is 1.36. The van der Waals surface area contributed by atoms with Crippen molar-refractivity contribution in [3.63, 3.8) is 0 Å². The zero-order valence-corrected chi connectivity index (χ0v) is 10.8. The summed E-state index contributed by atoms with van der Waals surface area (Å²) in [5, 5.41) is 29.9. The lowest BCUT2D eigenvalue weighted by atomic mass is 10.1. The van der Waals surface area contributed by atoms with Crippen LogP contribution in [0.15, 0.2) is 12.1 Å². The highest BCUT2D eigenvalue weighted by Crippen LogP contribution is 2.32. The molecule has 3 N–H and O–H groups in total. The number of non-ortho nitro benzene ring substituents is 1. The van der Waals surface area contributed by atoms with Crippen LogP contribution in [0.1, 0.15) is 10.4 Å². The van der Waals surface area contributed by atoms with Gasteiger partial charge in [0.1, 0.15) is 0 Å². The summed E-state index contributed by atoms with van der Waals surface area (Å²) in [5.41, 5.74) is -1.75. The van der Waals surface area contributed by atoms with Crippen molar-refractivity contribution in [2.24, 2.45) is 0 Å². The zero-order chi connectivity index (χ0) is 16.4. The minimum Gasteiger partial charge on any atom is -0.478 e. The molecule has 0 aliphatic rings. The minimum absolute atomic E-state index is 0.446. The molecule has 0 bridgehead atoms. The number of benzene rings is 1. The van der Waals surface area contributed by atoms with Gasteiger partial charge in [-0.1, -0.05) is 11.6 Å². The Morgan fingerprint density at radius 3 is 2.48 bits per heavy atom. The normalized spacial score (nSPS) is 12.8. The predicted octanol–water partition coefficient (Wildman–Crippen LogP) is 2.28. The van der Waals surface area contributed by atoms with Gasteiger partial charge in [-0.25, -0.2) is 4.79 Å². The van der Waals surface area contributed by atoms with Crippen LogP contribution in [0, 0.1) is 10.1 Å². The summed E-state index contributed by atoms with van der Waals surface area (Å²) in [4.78, 5) is 20.7. The lowest BCUT2D eigenvalue weighted by Crippen LogP contribution is -2.35. The maximum absolute atomic E-state index is 12.2. The van der Waals surface area contributed by atoms with Crippen LogP contribution in [-0.2, 0) is 0 Å². The summed E-state index contributed by atoms with van der Waals surface area (Å²) in [6, 6.07) is 1.44. The number of hydrogen-bond acceptors (Lipinski definition) is 5. The Bertz CT molecular complexity index is 579. The maximum Gasteiger partial charge on any atom is 0.416 e. The summed E-state index contributed by atoms with van der Waals surface area (Å²) in [6.07, 6.45) is -7.64. The van der Waals surface area contributed by atoms with Gasteiger partial charge in [0.25, 0.3) is 5.69 Å². The lowest BCUT2D eigenvalue weighted by molar-refractivity contribution is -0.384. The molecule has 0 spiro atoms. The summed E-state index contributed by atoms with van der Waals surface area (Å²) in [6.45, 7) is -1.05. The molecular formula is C10H8ClF3N2O5. The van der Waals surface area contributed by atoms with Crippen LogP contribution in [-0.4, -0.2) is 39.9 Å². The molecule has 0 saturated carbocycles. The first-order chi connectivity index (χ1) is 9.54. The molecular weight excluding hydrogens is 321 g/mol. The van der Waals surface area contributed by atoms with Crippen LogP contribution in [0.4, 0.5) is 24.5 Å². The van der Waals surface area contributed by atoms with Gasteiger partial charge < -0.3 is 15.5 Å². The first kappa shape index (κ1) is 17.0. The smallest absolute Gasteiger partial charge is 0.416 e. The third-order valence-corrected chi connectivity index (χ3v) is 2.66. The Morgan fingerprint density at radius 1 is 1.48 bits per heavy atom. The summed E-state index contributed by atoms with van der Waals surface area (Å²) in [7, 11) is 0. The predicted molar refractivity (Wildman–Crippen MR) is 65.6 cm³/mol. The molecule has 0 aliphatic carbocycles. The number of aromatic carboxylic acids is 1. The van der Waals surface area contributed by atoms with E-state index in [1.165, 1.54) is 0 Å². The number of hydrogen-bond donors (Lipinski definition) is 3. The number of nitro groups is 1. The topological polar surface area (TPSA) is 113 Å². The Labute approximate surface area is 120 Å². The van der Waals surface area contributed by atoms with Crippen molar-refractivity contribution in [2.75, 3.05) is 11.9 Å². The molecule has 11 heteroatoms. The van der Waals surface area contributed by atoms with Crippen molar-refractivity contribution in [2.45, 2.75) is 12.3 Å². The van der Waals surface area contributed by atoms with Crippen molar-refractivity contribution < 1.29 is 33.1 Å². The fraction of sp³-hybridized carbons (Fsp3) is 0.300. The summed E-state index contributed by atoms with van der Waals surface area (Å²) >= 11 is 5.63. The molecule has 0 radical (unpaired) electrons. The monoisotopic (exact) mass is 328 g/mol. The van der Waals surface area contributed by atoms with E-state index >= 15 is 0 Å². The molecule has 0 heterocycles. The molecule has 1 aromatic rings. The van der Waals surface area contributed by atoms with Crippen LogP contribution in [0.3, 0.4) is 0 Å². The molecule has 1 rings (SSSR count). The van der Waals surface area contributed by atoms with Gasteiger partial charge in [-0.15, -0.1) is 0 Å². The number of aliphatic hydroxyl groups excluding tert-OH is 1. The molecule has 7 nitrogen and oxygen atoms in total. The van der Waals surface area contributed by atoms with E-state index < -0.39 is 51.7 Å². The maximum atomic E-state index is 12.2. The van der Waals surface area contributed by atoms with Crippen molar-refractivity contribution >= 4 is 28.9 Å². The summed E-state index contributed by atoms with van der Waals surface area (Å²) < 4.78 is 36.5. The first-order valence-corrected chi connectivity index (χ1v) is 5.61. The molecule has 0 fully saturated rings. The van der Waals surface area contributed by atoms with Gasteiger partial charge in [0.05, 0.1) is 21.2 Å². The quantitative estimate of drug-likeness (QED) is 0.564. The van der Waals surface area contributed by atoms with Crippen LogP contribution in [0.2, 0.25) is 5.02 Å². The van der Waals surface area contributed by atoms with Gasteiger partial charge in [-0.3, -0.25) is 10.1 Å². The van der Waals surface area contributed by atoms with E-state index in [0.29, 0.717) is 6.07 Å². The second-order valence-electron chi connectivity index (χ2n) is 3.85. The van der Waals surface area contributed by atoms with E-state index in [1.807, 2.05) is 5.32 Å². The van der Waals surface area contributed by atoms with Gasteiger partial charge in [-0.2, -0.15) is 13.2 Å². The molecule has 1 aromatic carbocycles. The highest BCUT2D eigenvalue weighted by molar-refractivity contribution is 6.34. The molecule has 1 unspecified atom stereocenters. The van der Waals surface area contributed by atoms with Gasteiger partial charge in [0.15, 0.2) is 6.10 Å². The van der Waals surface area contributed by atoms with Crippen molar-refractivity contribution in [1.29, 1.82) is 0 Å². The molecule has 0 saturated heterocycles. The minimum atomic E-state index is -4.90. The van der Waals surface area contributed by atoms with E-state index in [1.54, 1.807) is 0 Å². The Hall–Kier alpha value is -2.07. The Balaban J connectivity index is 3.12. The molecule has 0 aromatic heterocycles. The van der Waals surface area contributed by atoms with E-state index in [2.05, 4.69) is 0 Å². The molecule has 0 aliphatic heterocycles. The van der Waals surface area contributed by atoms with Gasteiger partial charge in [0, 0.05) is 18.7 Å². The summed E-state index contributed by atoms with van der Waals surface area (Å²) in [5.74, 6) is -1.62. The van der Waals surface area contributed by atoms with Crippen LogP contribution in [0.5, 0.6) is 0 Å². The highest BCUT2D eigenvalue weighted by atomic mass is 35.5. The lowest BCUT2D eigenvalue weighted by Gasteiger charge is -2.17. The largest absolute Gasteiger partial charge is 0.478 e. The number of rotatable bonds is 5. The molecule has 1 atom stereocenters. The Kier molecular flexibility index (Phi) is 4.97. The number of nitrogens with zero attached hydrogens (tertiary/aromatic N) is 1. The zero-order valence-electron chi connectivity index (χ0n) is 10.0. The van der Waals surface area contributed by atoms with Crippen LogP contribution in [0.25, 0.3) is 0 Å². The standard InChI is InChI=1S/C10H8ClF3N2O5/c11-6-2-4(16(20)21)1-5(9(18)19)8(6)15-3-7(17)10(12,13)14/h1-2,7,15,17H,3H2,(H,18,19). The van der Waals surface area contributed by atoms with Crippen molar-refractivity contribution in [1.82, 2.24) is 0 Å². The Morgan fingerprint density at radius 2 is 2.05 bits per heavy atom. The van der Waals surface area contributed by atoms with Crippen molar-refractivity contribution in [3.8, 4) is 0 Å². The van der Waals surface area contributed by atoms with E-state index in [4.69, 9.17) is 21.8 Å². The van der Waals surface area contributed by atoms with Gasteiger partial charge in [0.2, 0.25) is 0 Å². The van der Waals surface area contributed by atoms with E-state index in [0.717, 1.165) is 6.07 Å². The first-order valence-electron chi connectivity index (χ1n) is 5.24. The van der Waals surface area contributed by atoms with Gasteiger partial charge >= 0.3 is 12.1 Å². The number of halogens is 4. The number of nitro benzene ring substituents is 1. The number of carbonyl (C=O) groups is 1. The average molecular weight is 329 g/mol. The molecule has 0 amide bonds. The number of anilines is 1. The van der Waals surface area contributed by atoms with E-state index in [-0.39, 0.29) is 0 Å². The second-order valence-corrected chi connectivity index (χ2v) is 4.26. The van der Waals surface area contributed by atoms with Gasteiger partial charge in [-0.05, 0) is 0 Å². The SMILES string of the molecule is O=C(O)c1cc([N+](=O)[O-])cc(Cl)c1NCC(O)C(F)(F)F. The van der Waals surface area contributed by atoms with Crippen LogP contribution < -0.4 is 5.32 Å². The number of aliphatic hydroxyl groups is 1. The average Bonchev–Trinajstić information content (AvgIpc) is 2.34. The highest BCUT2D eigenvalue weighted by Gasteiger charge is 2.38. The second kappa shape index (κ2) is 6.14. The number of nitrogens with one attached hydrogen (secondary N) is 1. The van der Waals surface area contributed by atoms with Crippen LogP contribution >= 0.6 is 11.6 Å². The van der Waals surface area contributed by atoms with E-state index in [9.17, 15) is 28.1 Å². The number of carboxylic acids is 1. The molecule has 116 valence electrons. The van der Waals surface area contributed by atoms with Crippen molar-refractivity contribution in [3.05, 3.63) is 32.8 Å². The third-order valence-electron chi connectivity index (χ3n) is 2.37. The number of carboxylic acid groups (broad SMARTS) is 1. The fourth-order valence-corrected chi connectivity index (χ4v) is 1.64.